The van der Waals surface area contributed by atoms with Crippen molar-refractivity contribution in [3.05, 3.63) is 102 Å². The number of benzene rings is 3. The molecule has 4 rings (SSSR count). The van der Waals surface area contributed by atoms with Gasteiger partial charge in [0, 0.05) is 17.7 Å². The van der Waals surface area contributed by atoms with Crippen molar-refractivity contribution >= 4 is 17.6 Å². The number of rotatable bonds is 7. The number of nitrogens with one attached hydrogen (secondary N) is 1. The van der Waals surface area contributed by atoms with Crippen LogP contribution in [0.1, 0.15) is 22.7 Å². The molecule has 160 valence electrons. The highest BCUT2D eigenvalue weighted by Crippen LogP contribution is 2.24. The van der Waals surface area contributed by atoms with E-state index in [-0.39, 0.29) is 18.7 Å². The Labute approximate surface area is 183 Å². The Morgan fingerprint density at radius 1 is 0.938 bits per heavy atom. The zero-order valence-corrected chi connectivity index (χ0v) is 17.0. The number of hydrogen-bond donors (Lipinski definition) is 1. The van der Waals surface area contributed by atoms with Gasteiger partial charge in [0.2, 0.25) is 0 Å². The first kappa shape index (κ1) is 21.0. The lowest BCUT2D eigenvalue weighted by atomic mass is 10.2. The van der Waals surface area contributed by atoms with E-state index in [1.54, 1.807) is 66.7 Å². The van der Waals surface area contributed by atoms with E-state index in [4.69, 9.17) is 9.15 Å². The summed E-state index contributed by atoms with van der Waals surface area (Å²) in [5.74, 6) is -0.114. The Balaban J connectivity index is 1.28. The number of halogens is 1. The average molecular weight is 430 g/mol. The van der Waals surface area contributed by atoms with Gasteiger partial charge in [-0.15, -0.1) is 0 Å². The molecule has 1 amide bonds. The standard InChI is InChI=1S/C25H19FN2O4/c26-21-9-5-4-8-20(21)22-16-27-23(32-22)14-15-24(29)31-19-12-10-18(11-13-19)28-25(30)17-6-2-1-3-7-17/h1-13,16H,14-15H2,(H,28,30). The number of aromatic nitrogens is 1. The van der Waals surface area contributed by atoms with Crippen LogP contribution in [-0.4, -0.2) is 16.9 Å². The molecule has 0 aliphatic heterocycles. The molecule has 0 aliphatic carbocycles. The SMILES string of the molecule is O=C(CCc1ncc(-c2ccccc2F)o1)Oc1ccc(NC(=O)c2ccccc2)cc1. The van der Waals surface area contributed by atoms with E-state index < -0.39 is 11.8 Å². The van der Waals surface area contributed by atoms with Crippen LogP contribution in [0.4, 0.5) is 10.1 Å². The Morgan fingerprint density at radius 3 is 2.41 bits per heavy atom. The van der Waals surface area contributed by atoms with E-state index in [9.17, 15) is 14.0 Å². The molecule has 0 spiro atoms. The summed E-state index contributed by atoms with van der Waals surface area (Å²) in [5, 5.41) is 2.78. The van der Waals surface area contributed by atoms with Crippen molar-refractivity contribution in [3.63, 3.8) is 0 Å². The van der Waals surface area contributed by atoms with E-state index in [2.05, 4.69) is 10.3 Å². The van der Waals surface area contributed by atoms with Crippen molar-refractivity contribution in [2.75, 3.05) is 5.32 Å². The smallest absolute Gasteiger partial charge is 0.311 e. The molecule has 0 saturated heterocycles. The zero-order valence-electron chi connectivity index (χ0n) is 17.0. The van der Waals surface area contributed by atoms with Gasteiger partial charge in [-0.3, -0.25) is 9.59 Å². The first-order valence-corrected chi connectivity index (χ1v) is 9.95. The molecule has 1 N–H and O–H groups in total. The molecule has 32 heavy (non-hydrogen) atoms. The highest BCUT2D eigenvalue weighted by atomic mass is 19.1. The van der Waals surface area contributed by atoms with E-state index in [0.29, 0.717) is 34.2 Å². The van der Waals surface area contributed by atoms with Crippen molar-refractivity contribution in [1.82, 2.24) is 4.98 Å². The van der Waals surface area contributed by atoms with Crippen molar-refractivity contribution in [3.8, 4) is 17.1 Å². The Morgan fingerprint density at radius 2 is 1.66 bits per heavy atom. The summed E-state index contributed by atoms with van der Waals surface area (Å²) >= 11 is 0. The topological polar surface area (TPSA) is 81.4 Å². The van der Waals surface area contributed by atoms with E-state index in [1.807, 2.05) is 6.07 Å². The Kier molecular flexibility index (Phi) is 6.36. The monoisotopic (exact) mass is 430 g/mol. The second-order valence-corrected chi connectivity index (χ2v) is 6.92. The fourth-order valence-electron chi connectivity index (χ4n) is 3.00. The number of hydrogen-bond acceptors (Lipinski definition) is 5. The van der Waals surface area contributed by atoms with E-state index in [1.165, 1.54) is 12.3 Å². The third-order valence-corrected chi connectivity index (χ3v) is 4.62. The quantitative estimate of drug-likeness (QED) is 0.319. The summed E-state index contributed by atoms with van der Waals surface area (Å²) in [5.41, 5.74) is 1.44. The lowest BCUT2D eigenvalue weighted by Crippen LogP contribution is -2.12. The van der Waals surface area contributed by atoms with Gasteiger partial charge in [0.15, 0.2) is 11.7 Å². The summed E-state index contributed by atoms with van der Waals surface area (Å²) in [6, 6.07) is 21.6. The lowest BCUT2D eigenvalue weighted by molar-refractivity contribution is -0.134. The number of ether oxygens (including phenoxy) is 1. The molecule has 0 fully saturated rings. The van der Waals surface area contributed by atoms with Gasteiger partial charge in [-0.25, -0.2) is 9.37 Å². The van der Waals surface area contributed by atoms with Gasteiger partial charge in [0.1, 0.15) is 11.6 Å². The van der Waals surface area contributed by atoms with Gasteiger partial charge in [-0.1, -0.05) is 30.3 Å². The van der Waals surface area contributed by atoms with Gasteiger partial charge in [-0.05, 0) is 48.5 Å². The molecule has 0 saturated carbocycles. The minimum atomic E-state index is -0.461. The summed E-state index contributed by atoms with van der Waals surface area (Å²) in [4.78, 5) is 28.4. The van der Waals surface area contributed by atoms with E-state index in [0.717, 1.165) is 0 Å². The normalized spacial score (nSPS) is 10.5. The molecule has 3 aromatic carbocycles. The molecule has 7 heteroatoms. The molecule has 1 aromatic heterocycles. The second-order valence-electron chi connectivity index (χ2n) is 6.92. The maximum atomic E-state index is 13.8. The van der Waals surface area contributed by atoms with Crippen LogP contribution in [-0.2, 0) is 11.2 Å². The molecular formula is C25H19FN2O4. The maximum Gasteiger partial charge on any atom is 0.311 e. The minimum Gasteiger partial charge on any atom is -0.441 e. The van der Waals surface area contributed by atoms with Gasteiger partial charge in [0.05, 0.1) is 18.2 Å². The largest absolute Gasteiger partial charge is 0.441 e. The van der Waals surface area contributed by atoms with Crippen molar-refractivity contribution in [2.24, 2.45) is 0 Å². The number of oxazole rings is 1. The number of carbonyl (C=O) groups is 2. The van der Waals surface area contributed by atoms with Crippen LogP contribution in [0, 0.1) is 5.82 Å². The van der Waals surface area contributed by atoms with Crippen LogP contribution in [0.15, 0.2) is 89.5 Å². The molecule has 6 nitrogen and oxygen atoms in total. The van der Waals surface area contributed by atoms with Crippen LogP contribution in [0.25, 0.3) is 11.3 Å². The summed E-state index contributed by atoms with van der Waals surface area (Å²) in [6.45, 7) is 0. The molecule has 0 radical (unpaired) electrons. The zero-order chi connectivity index (χ0) is 22.3. The summed E-state index contributed by atoms with van der Waals surface area (Å²) in [6.07, 6.45) is 1.70. The Bertz CT molecular complexity index is 1220. The predicted molar refractivity (Wildman–Crippen MR) is 117 cm³/mol. The molecule has 0 bridgehead atoms. The van der Waals surface area contributed by atoms with Crippen LogP contribution >= 0.6 is 0 Å². The maximum absolute atomic E-state index is 13.8. The summed E-state index contributed by atoms with van der Waals surface area (Å²) < 4.78 is 24.7. The van der Waals surface area contributed by atoms with Crippen LogP contribution in [0.3, 0.4) is 0 Å². The highest BCUT2D eigenvalue weighted by Gasteiger charge is 2.13. The van der Waals surface area contributed by atoms with Crippen molar-refractivity contribution in [1.29, 1.82) is 0 Å². The third-order valence-electron chi connectivity index (χ3n) is 4.62. The number of carbonyl (C=O) groups excluding carboxylic acids is 2. The fourth-order valence-corrected chi connectivity index (χ4v) is 3.00. The molecule has 0 atom stereocenters. The molecule has 0 unspecified atom stereocenters. The van der Waals surface area contributed by atoms with Gasteiger partial charge in [0.25, 0.3) is 5.91 Å². The van der Waals surface area contributed by atoms with E-state index >= 15 is 0 Å². The summed E-state index contributed by atoms with van der Waals surface area (Å²) in [7, 11) is 0. The van der Waals surface area contributed by atoms with Gasteiger partial charge in [-0.2, -0.15) is 0 Å². The molecule has 1 heterocycles. The first-order chi connectivity index (χ1) is 15.6. The first-order valence-electron chi connectivity index (χ1n) is 9.95. The Hall–Kier alpha value is -4.26. The average Bonchev–Trinajstić information content (AvgIpc) is 3.29. The lowest BCUT2D eigenvalue weighted by Gasteiger charge is -2.07. The second kappa shape index (κ2) is 9.70. The molecule has 4 aromatic rings. The number of amides is 1. The van der Waals surface area contributed by atoms with Crippen molar-refractivity contribution < 1.29 is 23.1 Å². The number of esters is 1. The molecular weight excluding hydrogens is 411 g/mol. The highest BCUT2D eigenvalue weighted by molar-refractivity contribution is 6.04. The predicted octanol–water partition coefficient (Wildman–Crippen LogP) is 5.27. The van der Waals surface area contributed by atoms with Crippen LogP contribution < -0.4 is 10.1 Å². The molecule has 0 aliphatic rings. The minimum absolute atomic E-state index is 0.0454. The third kappa shape index (κ3) is 5.26. The fraction of sp³-hybridized carbons (Fsp3) is 0.0800. The van der Waals surface area contributed by atoms with Gasteiger partial charge < -0.3 is 14.5 Å². The van der Waals surface area contributed by atoms with Crippen molar-refractivity contribution in [2.45, 2.75) is 12.8 Å². The van der Waals surface area contributed by atoms with Crippen LogP contribution in [0.5, 0.6) is 5.75 Å². The number of aryl methyl sites for hydroxylation is 1. The van der Waals surface area contributed by atoms with Crippen LogP contribution in [0.2, 0.25) is 0 Å². The van der Waals surface area contributed by atoms with Gasteiger partial charge >= 0.3 is 5.97 Å². The number of anilines is 1. The number of nitrogens with zero attached hydrogens (tertiary/aromatic N) is 1.